The molecular weight excluding hydrogens is 536 g/mol. The number of rotatable bonds is 7. The first-order chi connectivity index (χ1) is 14.6. The minimum Gasteiger partial charge on any atom is -0.495 e. The fourth-order valence-electron chi connectivity index (χ4n) is 2.92. The third-order valence-corrected chi connectivity index (χ3v) is 4.38. The van der Waals surface area contributed by atoms with Gasteiger partial charge in [0.2, 0.25) is 5.91 Å². The van der Waals surface area contributed by atoms with Gasteiger partial charge in [0.15, 0.2) is 5.96 Å². The van der Waals surface area contributed by atoms with E-state index in [0.29, 0.717) is 37.0 Å². The van der Waals surface area contributed by atoms with Crippen LogP contribution in [0.4, 0.5) is 18.9 Å². The highest BCUT2D eigenvalue weighted by Crippen LogP contribution is 2.29. The highest BCUT2D eigenvalue weighted by atomic mass is 127. The molecule has 176 valence electrons. The molecule has 0 atom stereocenters. The first-order valence-electron chi connectivity index (χ1n) is 9.74. The van der Waals surface area contributed by atoms with Crippen LogP contribution in [0.25, 0.3) is 0 Å². The normalized spacial score (nSPS) is 11.4. The Morgan fingerprint density at radius 1 is 1.12 bits per heavy atom. The lowest BCUT2D eigenvalue weighted by Crippen LogP contribution is -2.38. The van der Waals surface area contributed by atoms with Crippen LogP contribution in [0.3, 0.4) is 0 Å². The van der Waals surface area contributed by atoms with Gasteiger partial charge in [0.05, 0.1) is 24.9 Å². The van der Waals surface area contributed by atoms with Gasteiger partial charge in [-0.05, 0) is 42.3 Å². The van der Waals surface area contributed by atoms with E-state index >= 15 is 0 Å². The van der Waals surface area contributed by atoms with Gasteiger partial charge in [-0.2, -0.15) is 13.2 Å². The van der Waals surface area contributed by atoms with Crippen LogP contribution in [0, 0.1) is 0 Å². The number of ether oxygens (including phenoxy) is 1. The molecule has 2 N–H and O–H groups in total. The predicted octanol–water partition coefficient (Wildman–Crippen LogP) is 4.89. The van der Waals surface area contributed by atoms with Crippen molar-refractivity contribution in [2.24, 2.45) is 4.99 Å². The summed E-state index contributed by atoms with van der Waals surface area (Å²) in [5.41, 5.74) is 1.49. The Morgan fingerprint density at radius 3 is 2.28 bits per heavy atom. The number of anilines is 1. The summed E-state index contributed by atoms with van der Waals surface area (Å²) >= 11 is 0. The van der Waals surface area contributed by atoms with Gasteiger partial charge < -0.3 is 20.3 Å². The van der Waals surface area contributed by atoms with E-state index < -0.39 is 11.7 Å². The maximum atomic E-state index is 12.7. The van der Waals surface area contributed by atoms with E-state index in [-0.39, 0.29) is 29.9 Å². The van der Waals surface area contributed by atoms with Gasteiger partial charge in [0.1, 0.15) is 5.75 Å². The van der Waals surface area contributed by atoms with Gasteiger partial charge in [0.25, 0.3) is 0 Å². The average Bonchev–Trinajstić information content (AvgIpc) is 2.70. The standard InChI is InChI=1S/C22H27F3N4O2.HI/c1-5-26-21(29(3)14-16-6-9-18(10-7-16)22(23,24)25)27-13-17-8-11-20(31-4)19(12-17)28-15(2)30;/h6-12H,5,13-14H2,1-4H3,(H,26,27)(H,28,30);1H. The molecule has 2 aromatic carbocycles. The Hall–Kier alpha value is -2.50. The monoisotopic (exact) mass is 564 g/mol. The number of amides is 1. The average molecular weight is 564 g/mol. The second-order valence-electron chi connectivity index (χ2n) is 6.94. The molecule has 0 aliphatic rings. The van der Waals surface area contributed by atoms with E-state index in [2.05, 4.69) is 15.6 Å². The minimum atomic E-state index is -4.35. The summed E-state index contributed by atoms with van der Waals surface area (Å²) in [7, 11) is 3.34. The molecule has 0 unspecified atom stereocenters. The van der Waals surface area contributed by atoms with Crippen molar-refractivity contribution in [3.63, 3.8) is 0 Å². The van der Waals surface area contributed by atoms with Crippen LogP contribution in [0.2, 0.25) is 0 Å². The van der Waals surface area contributed by atoms with E-state index in [9.17, 15) is 18.0 Å². The summed E-state index contributed by atoms with van der Waals surface area (Å²) in [4.78, 5) is 17.9. The van der Waals surface area contributed by atoms with Crippen LogP contribution in [0.15, 0.2) is 47.5 Å². The molecule has 0 bridgehead atoms. The summed E-state index contributed by atoms with van der Waals surface area (Å²) in [5, 5.41) is 5.91. The van der Waals surface area contributed by atoms with E-state index in [4.69, 9.17) is 4.74 Å². The SMILES string of the molecule is CCNC(=NCc1ccc(OC)c(NC(C)=O)c1)N(C)Cc1ccc(C(F)(F)F)cc1.I. The highest BCUT2D eigenvalue weighted by Gasteiger charge is 2.29. The first kappa shape index (κ1) is 27.5. The van der Waals surface area contributed by atoms with Crippen LogP contribution >= 0.6 is 24.0 Å². The number of guanidine groups is 1. The molecule has 0 spiro atoms. The van der Waals surface area contributed by atoms with E-state index in [1.807, 2.05) is 24.9 Å². The number of hydrogen-bond acceptors (Lipinski definition) is 3. The Labute approximate surface area is 203 Å². The van der Waals surface area contributed by atoms with Crippen LogP contribution in [0.1, 0.15) is 30.5 Å². The lowest BCUT2D eigenvalue weighted by atomic mass is 10.1. The number of nitrogens with one attached hydrogen (secondary N) is 2. The van der Waals surface area contributed by atoms with Gasteiger partial charge in [-0.25, -0.2) is 4.99 Å². The van der Waals surface area contributed by atoms with Gasteiger partial charge in [-0.1, -0.05) is 18.2 Å². The maximum absolute atomic E-state index is 12.7. The van der Waals surface area contributed by atoms with Crippen molar-refractivity contribution in [3.05, 3.63) is 59.2 Å². The fourth-order valence-corrected chi connectivity index (χ4v) is 2.92. The van der Waals surface area contributed by atoms with Gasteiger partial charge in [-0.15, -0.1) is 24.0 Å². The van der Waals surface area contributed by atoms with Crippen LogP contribution in [-0.2, 0) is 24.1 Å². The molecule has 0 saturated heterocycles. The largest absolute Gasteiger partial charge is 0.495 e. The molecule has 0 fully saturated rings. The molecule has 6 nitrogen and oxygen atoms in total. The van der Waals surface area contributed by atoms with Gasteiger partial charge in [-0.3, -0.25) is 4.79 Å². The fraction of sp³-hybridized carbons (Fsp3) is 0.364. The van der Waals surface area contributed by atoms with Crippen molar-refractivity contribution in [2.45, 2.75) is 33.1 Å². The number of benzene rings is 2. The molecule has 0 aliphatic heterocycles. The molecule has 0 saturated carbocycles. The van der Waals surface area contributed by atoms with Crippen LogP contribution < -0.4 is 15.4 Å². The number of carbonyl (C=O) groups excluding carboxylic acids is 1. The van der Waals surface area contributed by atoms with Crippen LogP contribution in [-0.4, -0.2) is 37.5 Å². The lowest BCUT2D eigenvalue weighted by Gasteiger charge is -2.22. The number of hydrogen-bond donors (Lipinski definition) is 2. The number of nitrogens with zero attached hydrogens (tertiary/aromatic N) is 2. The Kier molecular flexibility index (Phi) is 10.8. The topological polar surface area (TPSA) is 66.0 Å². The molecular formula is C22H28F3IN4O2. The van der Waals surface area contributed by atoms with Gasteiger partial charge >= 0.3 is 6.18 Å². The molecule has 0 aliphatic carbocycles. The molecule has 1 amide bonds. The molecule has 2 rings (SSSR count). The van der Waals surface area contributed by atoms with E-state index in [1.54, 1.807) is 12.1 Å². The Balaban J connectivity index is 0.00000512. The van der Waals surface area contributed by atoms with E-state index in [0.717, 1.165) is 23.3 Å². The first-order valence-corrected chi connectivity index (χ1v) is 9.74. The Bertz CT molecular complexity index is 918. The van der Waals surface area contributed by atoms with Crippen molar-refractivity contribution in [1.82, 2.24) is 10.2 Å². The molecule has 0 heterocycles. The number of aliphatic imine (C=N–C) groups is 1. The second kappa shape index (κ2) is 12.5. The summed E-state index contributed by atoms with van der Waals surface area (Å²) in [6, 6.07) is 10.5. The zero-order valence-corrected chi connectivity index (χ0v) is 20.7. The highest BCUT2D eigenvalue weighted by molar-refractivity contribution is 14.0. The number of halogens is 4. The predicted molar refractivity (Wildman–Crippen MR) is 130 cm³/mol. The van der Waals surface area contributed by atoms with Crippen molar-refractivity contribution < 1.29 is 22.7 Å². The molecule has 32 heavy (non-hydrogen) atoms. The van der Waals surface area contributed by atoms with Gasteiger partial charge in [0, 0.05) is 27.1 Å². The third kappa shape index (κ3) is 8.21. The third-order valence-electron chi connectivity index (χ3n) is 4.38. The smallest absolute Gasteiger partial charge is 0.416 e. The zero-order chi connectivity index (χ0) is 23.0. The van der Waals surface area contributed by atoms with Crippen molar-refractivity contribution in [2.75, 3.05) is 26.0 Å². The minimum absolute atomic E-state index is 0. The number of carbonyl (C=O) groups is 1. The molecule has 2 aromatic rings. The lowest BCUT2D eigenvalue weighted by molar-refractivity contribution is -0.137. The molecule has 10 heteroatoms. The number of methoxy groups -OCH3 is 1. The number of alkyl halides is 3. The van der Waals surface area contributed by atoms with Crippen molar-refractivity contribution in [3.8, 4) is 5.75 Å². The maximum Gasteiger partial charge on any atom is 0.416 e. The summed E-state index contributed by atoms with van der Waals surface area (Å²) in [6.45, 7) is 4.73. The van der Waals surface area contributed by atoms with Crippen LogP contribution in [0.5, 0.6) is 5.75 Å². The summed E-state index contributed by atoms with van der Waals surface area (Å²) in [5.74, 6) is 0.956. The molecule has 0 aromatic heterocycles. The summed E-state index contributed by atoms with van der Waals surface area (Å²) < 4.78 is 43.5. The van der Waals surface area contributed by atoms with Crippen molar-refractivity contribution in [1.29, 1.82) is 0 Å². The second-order valence-corrected chi connectivity index (χ2v) is 6.94. The van der Waals surface area contributed by atoms with E-state index in [1.165, 1.54) is 26.2 Å². The zero-order valence-electron chi connectivity index (χ0n) is 18.4. The Morgan fingerprint density at radius 2 is 1.75 bits per heavy atom. The molecule has 0 radical (unpaired) electrons. The van der Waals surface area contributed by atoms with Crippen molar-refractivity contribution >= 4 is 41.5 Å². The quantitative estimate of drug-likeness (QED) is 0.286. The summed E-state index contributed by atoms with van der Waals surface area (Å²) in [6.07, 6.45) is -4.35.